The van der Waals surface area contributed by atoms with Crippen molar-refractivity contribution in [2.45, 2.75) is 88.2 Å². The summed E-state index contributed by atoms with van der Waals surface area (Å²) >= 11 is 9.69. The van der Waals surface area contributed by atoms with Crippen LogP contribution in [0.15, 0.2) is 0 Å². The van der Waals surface area contributed by atoms with Crippen LogP contribution in [0.3, 0.4) is 0 Å². The molecule has 2 aliphatic carbocycles. The van der Waals surface area contributed by atoms with E-state index in [2.05, 4.69) is 20.8 Å². The van der Waals surface area contributed by atoms with Crippen molar-refractivity contribution in [2.75, 3.05) is 19.8 Å². The molecule has 0 aliphatic heterocycles. The second-order valence-electron chi connectivity index (χ2n) is 7.69. The molecule has 0 aromatic heterocycles. The summed E-state index contributed by atoms with van der Waals surface area (Å²) in [4.78, 5) is 0. The minimum absolute atomic E-state index is 0.346. The molecule has 0 aromatic carbocycles. The normalized spacial score (nSPS) is 31.8. The Bertz CT molecular complexity index is 357. The van der Waals surface area contributed by atoms with Gasteiger partial charge in [-0.05, 0) is 43.9 Å². The van der Waals surface area contributed by atoms with Crippen molar-refractivity contribution in [2.24, 2.45) is 11.8 Å². The van der Waals surface area contributed by atoms with E-state index in [9.17, 15) is 0 Å². The van der Waals surface area contributed by atoms with Crippen molar-refractivity contribution in [1.82, 2.24) is 0 Å². The fraction of sp³-hybridized carbons (Fsp3) is 1.00. The number of thiol groups is 2. The van der Waals surface area contributed by atoms with E-state index in [-0.39, 0.29) is 0 Å². The Balaban J connectivity index is 2.14. The summed E-state index contributed by atoms with van der Waals surface area (Å²) in [6.45, 7) is 8.89. The average Bonchev–Trinajstić information content (AvgIpc) is 3.16. The Morgan fingerprint density at radius 1 is 0.760 bits per heavy atom. The summed E-state index contributed by atoms with van der Waals surface area (Å²) in [6.07, 6.45) is 8.99. The molecular formula is C19H38O3S2Si. The molecule has 2 saturated carbocycles. The lowest BCUT2D eigenvalue weighted by Crippen LogP contribution is -2.54. The molecule has 2 rings (SSSR count). The Hall–Kier alpha value is 0.797. The molecule has 2 bridgehead atoms. The lowest BCUT2D eigenvalue weighted by Gasteiger charge is -2.41. The molecule has 6 heteroatoms. The predicted octanol–water partition coefficient (Wildman–Crippen LogP) is 5.38. The Kier molecular flexibility index (Phi) is 9.68. The van der Waals surface area contributed by atoms with Gasteiger partial charge in [0.15, 0.2) is 0 Å². The first-order valence-electron chi connectivity index (χ1n) is 10.4. The Morgan fingerprint density at radius 2 is 1.24 bits per heavy atom. The quantitative estimate of drug-likeness (QED) is 0.244. The first-order chi connectivity index (χ1) is 12.1. The Morgan fingerprint density at radius 3 is 1.60 bits per heavy atom. The van der Waals surface area contributed by atoms with Crippen LogP contribution in [0.5, 0.6) is 0 Å². The van der Waals surface area contributed by atoms with Gasteiger partial charge >= 0.3 is 8.80 Å². The summed E-state index contributed by atoms with van der Waals surface area (Å²) in [5.74, 6) is 1.18. The van der Waals surface area contributed by atoms with Crippen LogP contribution in [0.1, 0.15) is 72.1 Å². The monoisotopic (exact) mass is 406 g/mol. The molecule has 0 saturated heterocycles. The third-order valence-corrected chi connectivity index (χ3v) is 10.9. The zero-order valence-electron chi connectivity index (χ0n) is 16.3. The van der Waals surface area contributed by atoms with E-state index in [0.29, 0.717) is 27.9 Å². The van der Waals surface area contributed by atoms with Crippen molar-refractivity contribution in [1.29, 1.82) is 0 Å². The molecule has 2 aliphatic rings. The van der Waals surface area contributed by atoms with Gasteiger partial charge in [0.2, 0.25) is 0 Å². The molecule has 0 radical (unpaired) electrons. The molecule has 0 heterocycles. The summed E-state index contributed by atoms with van der Waals surface area (Å²) in [5.41, 5.74) is 0.411. The van der Waals surface area contributed by atoms with E-state index in [1.54, 1.807) is 0 Å². The van der Waals surface area contributed by atoms with Gasteiger partial charge in [-0.2, -0.15) is 25.3 Å². The van der Waals surface area contributed by atoms with E-state index in [1.165, 1.54) is 6.42 Å². The van der Waals surface area contributed by atoms with Gasteiger partial charge in [-0.25, -0.2) is 0 Å². The summed E-state index contributed by atoms with van der Waals surface area (Å²) < 4.78 is 19.6. The largest absolute Gasteiger partial charge is 0.504 e. The van der Waals surface area contributed by atoms with Crippen LogP contribution < -0.4 is 0 Å². The summed E-state index contributed by atoms with van der Waals surface area (Å²) in [7, 11) is -2.68. The van der Waals surface area contributed by atoms with Crippen LogP contribution in [0, 0.1) is 11.8 Å². The van der Waals surface area contributed by atoms with E-state index in [1.807, 2.05) is 0 Å². The summed E-state index contributed by atoms with van der Waals surface area (Å²) in [6, 6.07) is 0. The van der Waals surface area contributed by atoms with Crippen molar-refractivity contribution in [3.8, 4) is 0 Å². The maximum atomic E-state index is 6.52. The SMILES string of the molecule is CCCCO[Si](OCCCC)(OCCCC)C1CC2CC1C(S)C2S. The highest BCUT2D eigenvalue weighted by molar-refractivity contribution is 7.85. The van der Waals surface area contributed by atoms with Crippen molar-refractivity contribution in [3.63, 3.8) is 0 Å². The smallest absolute Gasteiger partial charge is 0.373 e. The topological polar surface area (TPSA) is 27.7 Å². The fourth-order valence-corrected chi connectivity index (χ4v) is 9.07. The van der Waals surface area contributed by atoms with Gasteiger partial charge in [-0.1, -0.05) is 40.0 Å². The number of hydrogen-bond acceptors (Lipinski definition) is 5. The minimum Gasteiger partial charge on any atom is -0.373 e. The highest BCUT2D eigenvalue weighted by atomic mass is 32.1. The van der Waals surface area contributed by atoms with Gasteiger partial charge in [0.1, 0.15) is 0 Å². The highest BCUT2D eigenvalue weighted by Crippen LogP contribution is 2.59. The van der Waals surface area contributed by atoms with Crippen LogP contribution in [0.25, 0.3) is 0 Å². The minimum atomic E-state index is -2.68. The molecule has 0 N–H and O–H groups in total. The molecule has 3 nitrogen and oxygen atoms in total. The molecular weight excluding hydrogens is 368 g/mol. The van der Waals surface area contributed by atoms with Crippen LogP contribution in [0.4, 0.5) is 0 Å². The van der Waals surface area contributed by atoms with Crippen LogP contribution in [-0.4, -0.2) is 39.1 Å². The predicted molar refractivity (Wildman–Crippen MR) is 114 cm³/mol. The molecule has 0 spiro atoms. The van der Waals surface area contributed by atoms with Gasteiger partial charge in [-0.3, -0.25) is 0 Å². The highest BCUT2D eigenvalue weighted by Gasteiger charge is 2.62. The van der Waals surface area contributed by atoms with Gasteiger partial charge < -0.3 is 13.3 Å². The molecule has 5 unspecified atom stereocenters. The lowest BCUT2D eigenvalue weighted by molar-refractivity contribution is 0.0408. The van der Waals surface area contributed by atoms with Gasteiger partial charge in [0.05, 0.1) is 0 Å². The van der Waals surface area contributed by atoms with E-state index in [0.717, 1.165) is 64.8 Å². The van der Waals surface area contributed by atoms with Crippen LogP contribution in [0.2, 0.25) is 5.54 Å². The number of rotatable bonds is 13. The van der Waals surface area contributed by atoms with Gasteiger partial charge in [-0.15, -0.1) is 0 Å². The maximum absolute atomic E-state index is 6.52. The lowest BCUT2D eigenvalue weighted by atomic mass is 9.99. The zero-order valence-corrected chi connectivity index (χ0v) is 19.1. The van der Waals surface area contributed by atoms with Crippen molar-refractivity contribution < 1.29 is 13.3 Å². The van der Waals surface area contributed by atoms with E-state index >= 15 is 0 Å². The van der Waals surface area contributed by atoms with Gasteiger partial charge in [0, 0.05) is 35.9 Å². The number of fused-ring (bicyclic) bond motifs is 2. The average molecular weight is 407 g/mol. The van der Waals surface area contributed by atoms with Crippen molar-refractivity contribution in [3.05, 3.63) is 0 Å². The zero-order chi connectivity index (χ0) is 18.3. The van der Waals surface area contributed by atoms with Crippen LogP contribution >= 0.6 is 25.3 Å². The second kappa shape index (κ2) is 11.0. The molecule has 148 valence electrons. The number of unbranched alkanes of at least 4 members (excludes halogenated alkanes) is 3. The fourth-order valence-electron chi connectivity index (χ4n) is 4.23. The summed E-state index contributed by atoms with van der Waals surface area (Å²) in [5, 5.41) is 0.761. The van der Waals surface area contributed by atoms with Crippen LogP contribution in [-0.2, 0) is 13.3 Å². The maximum Gasteiger partial charge on any atom is 0.504 e. The second-order valence-corrected chi connectivity index (χ2v) is 11.7. The first-order valence-corrected chi connectivity index (χ1v) is 13.2. The molecule has 0 aromatic rings. The van der Waals surface area contributed by atoms with Gasteiger partial charge in [0.25, 0.3) is 0 Å². The molecule has 2 fully saturated rings. The third-order valence-electron chi connectivity index (χ3n) is 5.78. The van der Waals surface area contributed by atoms with Crippen molar-refractivity contribution >= 4 is 34.1 Å². The Labute approximate surface area is 167 Å². The molecule has 5 atom stereocenters. The molecule has 25 heavy (non-hydrogen) atoms. The van der Waals surface area contributed by atoms with E-state index < -0.39 is 8.80 Å². The standard InChI is InChI=1S/C19H38O3S2Si/c1-4-7-10-20-25(21-11-8-5-2,22-12-9-6-3)17-14-15-13-16(17)19(24)18(15)23/h15-19,23-24H,4-14H2,1-3H3. The first kappa shape index (κ1) is 22.1. The third kappa shape index (κ3) is 5.41. The number of hydrogen-bond donors (Lipinski definition) is 2. The molecule has 0 amide bonds. The van der Waals surface area contributed by atoms with E-state index in [4.69, 9.17) is 38.5 Å².